The molecule has 0 amide bonds. The van der Waals surface area contributed by atoms with Gasteiger partial charge in [-0.1, -0.05) is 80.6 Å². The molecule has 1 N–H and O–H groups in total. The van der Waals surface area contributed by atoms with Crippen LogP contribution < -0.4 is 5.32 Å². The van der Waals surface area contributed by atoms with Crippen LogP contribution in [0.4, 0.5) is 0 Å². The van der Waals surface area contributed by atoms with E-state index in [1.165, 1.54) is 42.1 Å². The molecule has 0 spiro atoms. The molecule has 0 aliphatic heterocycles. The van der Waals surface area contributed by atoms with E-state index in [1.807, 2.05) is 0 Å². The molecule has 1 rings (SSSR count). The molecule has 1 aromatic rings. The van der Waals surface area contributed by atoms with Gasteiger partial charge in [0.25, 0.3) is 0 Å². The van der Waals surface area contributed by atoms with Crippen LogP contribution in [0.3, 0.4) is 0 Å². The fourth-order valence-corrected chi connectivity index (χ4v) is 2.98. The summed E-state index contributed by atoms with van der Waals surface area (Å²) >= 11 is 3.70. The second-order valence-corrected chi connectivity index (χ2v) is 6.49. The van der Waals surface area contributed by atoms with Crippen LogP contribution >= 0.6 is 15.9 Å². The average molecular weight is 326 g/mol. The average Bonchev–Trinajstić information content (AvgIpc) is 2.39. The van der Waals surface area contributed by atoms with Gasteiger partial charge in [-0.15, -0.1) is 0 Å². The molecule has 0 saturated heterocycles. The largest absolute Gasteiger partial charge is 0.314 e. The summed E-state index contributed by atoms with van der Waals surface area (Å²) in [7, 11) is 0. The SMILES string of the molecule is CCCCCCC(CNC(C)C)c1ccccc1Br. The third-order valence-electron chi connectivity index (χ3n) is 3.52. The summed E-state index contributed by atoms with van der Waals surface area (Å²) < 4.78 is 1.25. The Hall–Kier alpha value is -0.340. The minimum absolute atomic E-state index is 0.556. The quantitative estimate of drug-likeness (QED) is 0.591. The van der Waals surface area contributed by atoms with E-state index in [9.17, 15) is 0 Å². The van der Waals surface area contributed by atoms with Crippen LogP contribution in [0.1, 0.15) is 64.4 Å². The Morgan fingerprint density at radius 3 is 2.47 bits per heavy atom. The highest BCUT2D eigenvalue weighted by atomic mass is 79.9. The maximum absolute atomic E-state index is 3.70. The number of halogens is 1. The van der Waals surface area contributed by atoms with Gasteiger partial charge in [0.1, 0.15) is 0 Å². The lowest BCUT2D eigenvalue weighted by atomic mass is 9.92. The maximum Gasteiger partial charge on any atom is 0.0210 e. The zero-order valence-corrected chi connectivity index (χ0v) is 14.2. The normalized spacial score (nSPS) is 12.9. The molecule has 1 unspecified atom stereocenters. The van der Waals surface area contributed by atoms with Gasteiger partial charge in [-0.2, -0.15) is 0 Å². The zero-order valence-electron chi connectivity index (χ0n) is 12.6. The van der Waals surface area contributed by atoms with E-state index in [-0.39, 0.29) is 0 Å². The van der Waals surface area contributed by atoms with E-state index >= 15 is 0 Å². The number of hydrogen-bond acceptors (Lipinski definition) is 1. The molecule has 0 fully saturated rings. The van der Waals surface area contributed by atoms with Crippen LogP contribution in [0, 0.1) is 0 Å². The topological polar surface area (TPSA) is 12.0 Å². The van der Waals surface area contributed by atoms with Crippen LogP contribution in [0.25, 0.3) is 0 Å². The standard InChI is InChI=1S/C17H28BrN/c1-4-5-6-7-10-15(13-19-14(2)3)16-11-8-9-12-17(16)18/h8-9,11-12,14-15,19H,4-7,10,13H2,1-3H3. The van der Waals surface area contributed by atoms with Crippen molar-refractivity contribution in [2.75, 3.05) is 6.54 Å². The first kappa shape index (κ1) is 16.7. The van der Waals surface area contributed by atoms with Crippen molar-refractivity contribution in [3.8, 4) is 0 Å². The summed E-state index contributed by atoms with van der Waals surface area (Å²) in [6.07, 6.45) is 6.64. The molecule has 2 heteroatoms. The van der Waals surface area contributed by atoms with Gasteiger partial charge in [0, 0.05) is 17.1 Å². The van der Waals surface area contributed by atoms with Crippen molar-refractivity contribution in [1.82, 2.24) is 5.32 Å². The van der Waals surface area contributed by atoms with Gasteiger partial charge in [0.15, 0.2) is 0 Å². The Labute approximate surface area is 127 Å². The van der Waals surface area contributed by atoms with Crippen LogP contribution in [0.15, 0.2) is 28.7 Å². The van der Waals surface area contributed by atoms with E-state index in [2.05, 4.69) is 66.3 Å². The van der Waals surface area contributed by atoms with Crippen molar-refractivity contribution in [2.45, 2.75) is 64.8 Å². The van der Waals surface area contributed by atoms with Crippen LogP contribution in [0.5, 0.6) is 0 Å². The van der Waals surface area contributed by atoms with E-state index in [1.54, 1.807) is 0 Å². The van der Waals surface area contributed by atoms with E-state index in [4.69, 9.17) is 0 Å². The third-order valence-corrected chi connectivity index (χ3v) is 4.25. The van der Waals surface area contributed by atoms with Crippen molar-refractivity contribution in [2.24, 2.45) is 0 Å². The Bertz CT molecular complexity index is 349. The summed E-state index contributed by atoms with van der Waals surface area (Å²) in [5, 5.41) is 3.59. The maximum atomic E-state index is 3.70. The van der Waals surface area contributed by atoms with Crippen molar-refractivity contribution in [3.05, 3.63) is 34.3 Å². The van der Waals surface area contributed by atoms with Crippen LogP contribution in [-0.2, 0) is 0 Å². The number of benzene rings is 1. The molecule has 0 saturated carbocycles. The molecule has 0 heterocycles. The molecule has 1 atom stereocenters. The molecule has 1 nitrogen and oxygen atoms in total. The van der Waals surface area contributed by atoms with Gasteiger partial charge >= 0.3 is 0 Å². The van der Waals surface area contributed by atoms with Gasteiger partial charge < -0.3 is 5.32 Å². The van der Waals surface area contributed by atoms with Crippen molar-refractivity contribution >= 4 is 15.9 Å². The van der Waals surface area contributed by atoms with Crippen LogP contribution in [0.2, 0.25) is 0 Å². The first-order valence-corrected chi connectivity index (χ1v) is 8.42. The predicted octanol–water partition coefficient (Wildman–Crippen LogP) is 5.50. The minimum atomic E-state index is 0.556. The monoisotopic (exact) mass is 325 g/mol. The Morgan fingerprint density at radius 1 is 1.11 bits per heavy atom. The Balaban J connectivity index is 2.60. The fourth-order valence-electron chi connectivity index (χ4n) is 2.37. The second kappa shape index (κ2) is 9.55. The molecule has 0 aliphatic rings. The Morgan fingerprint density at radius 2 is 1.84 bits per heavy atom. The fraction of sp³-hybridized carbons (Fsp3) is 0.647. The molecule has 108 valence electrons. The van der Waals surface area contributed by atoms with Gasteiger partial charge in [-0.3, -0.25) is 0 Å². The van der Waals surface area contributed by atoms with E-state index in [0.717, 1.165) is 6.54 Å². The lowest BCUT2D eigenvalue weighted by Crippen LogP contribution is -2.28. The number of hydrogen-bond donors (Lipinski definition) is 1. The lowest BCUT2D eigenvalue weighted by molar-refractivity contribution is 0.485. The van der Waals surface area contributed by atoms with Crippen molar-refractivity contribution < 1.29 is 0 Å². The first-order chi connectivity index (χ1) is 9.15. The van der Waals surface area contributed by atoms with Crippen LogP contribution in [-0.4, -0.2) is 12.6 Å². The second-order valence-electron chi connectivity index (χ2n) is 5.63. The van der Waals surface area contributed by atoms with Crippen molar-refractivity contribution in [1.29, 1.82) is 0 Å². The highest BCUT2D eigenvalue weighted by Gasteiger charge is 2.14. The number of rotatable bonds is 9. The van der Waals surface area contributed by atoms with Gasteiger partial charge in [0.05, 0.1) is 0 Å². The van der Waals surface area contributed by atoms with Crippen molar-refractivity contribution in [3.63, 3.8) is 0 Å². The molecule has 0 aliphatic carbocycles. The molecule has 0 bridgehead atoms. The molecule has 0 aromatic heterocycles. The van der Waals surface area contributed by atoms with E-state index < -0.39 is 0 Å². The van der Waals surface area contributed by atoms with Gasteiger partial charge in [-0.25, -0.2) is 0 Å². The minimum Gasteiger partial charge on any atom is -0.314 e. The first-order valence-electron chi connectivity index (χ1n) is 7.63. The van der Waals surface area contributed by atoms with E-state index in [0.29, 0.717) is 12.0 Å². The molecule has 19 heavy (non-hydrogen) atoms. The lowest BCUT2D eigenvalue weighted by Gasteiger charge is -2.21. The summed E-state index contributed by atoms with van der Waals surface area (Å²) in [4.78, 5) is 0. The molecular weight excluding hydrogens is 298 g/mol. The summed E-state index contributed by atoms with van der Waals surface area (Å²) in [6.45, 7) is 7.78. The summed E-state index contributed by atoms with van der Waals surface area (Å²) in [5.74, 6) is 0.620. The van der Waals surface area contributed by atoms with Gasteiger partial charge in [-0.05, 0) is 24.0 Å². The third kappa shape index (κ3) is 6.58. The molecule has 0 radical (unpaired) electrons. The summed E-state index contributed by atoms with van der Waals surface area (Å²) in [6, 6.07) is 9.22. The number of unbranched alkanes of at least 4 members (excludes halogenated alkanes) is 3. The smallest absolute Gasteiger partial charge is 0.0210 e. The number of nitrogens with one attached hydrogen (secondary N) is 1. The molecular formula is C17H28BrN. The highest BCUT2D eigenvalue weighted by molar-refractivity contribution is 9.10. The molecule has 1 aromatic carbocycles. The zero-order chi connectivity index (χ0) is 14.1. The summed E-state index contributed by atoms with van der Waals surface area (Å²) in [5.41, 5.74) is 1.45. The predicted molar refractivity (Wildman–Crippen MR) is 88.8 cm³/mol. The highest BCUT2D eigenvalue weighted by Crippen LogP contribution is 2.28. The van der Waals surface area contributed by atoms with Gasteiger partial charge in [0.2, 0.25) is 0 Å². The Kier molecular flexibility index (Phi) is 8.40.